The Morgan fingerprint density at radius 2 is 1.86 bits per heavy atom. The number of alkyl halides is 3. The summed E-state index contributed by atoms with van der Waals surface area (Å²) in [5.41, 5.74) is -5.20. The van der Waals surface area contributed by atoms with Crippen molar-refractivity contribution in [2.45, 2.75) is 18.5 Å². The van der Waals surface area contributed by atoms with Crippen LogP contribution < -0.4 is 4.72 Å². The minimum Gasteiger partial charge on any atom is -0.458 e. The Kier molecular flexibility index (Phi) is 5.76. The van der Waals surface area contributed by atoms with Gasteiger partial charge in [0.25, 0.3) is 0 Å². The molecular formula is C11H11BrF3NO4S. The first-order valence-corrected chi connectivity index (χ1v) is 7.83. The summed E-state index contributed by atoms with van der Waals surface area (Å²) in [7, 11) is -5.45. The van der Waals surface area contributed by atoms with Gasteiger partial charge in [0.2, 0.25) is 0 Å². The molecule has 21 heavy (non-hydrogen) atoms. The zero-order valence-corrected chi connectivity index (χ0v) is 13.0. The van der Waals surface area contributed by atoms with Crippen molar-refractivity contribution < 1.29 is 31.1 Å². The number of carbonyl (C=O) groups excluding carboxylic acids is 1. The first kappa shape index (κ1) is 17.9. The fourth-order valence-electron chi connectivity index (χ4n) is 1.19. The smallest absolute Gasteiger partial charge is 0.458 e. The number of hydrogen-bond donors (Lipinski definition) is 1. The van der Waals surface area contributed by atoms with E-state index in [9.17, 15) is 26.4 Å². The van der Waals surface area contributed by atoms with Crippen molar-refractivity contribution in [3.8, 4) is 0 Å². The highest BCUT2D eigenvalue weighted by Crippen LogP contribution is 2.21. The molecule has 0 saturated heterocycles. The standard InChI is InChI=1S/C11H11BrF3NO4S/c1-7(6-16-21(18,19)11(13,14)15)20-10(17)8-2-4-9(12)5-3-8/h2-5,7,16H,6H2,1H3. The fourth-order valence-corrected chi connectivity index (χ4v) is 2.07. The second-order valence-electron chi connectivity index (χ2n) is 4.02. The normalized spacial score (nSPS) is 13.8. The van der Waals surface area contributed by atoms with Crippen LogP contribution in [0.2, 0.25) is 0 Å². The molecule has 1 aromatic carbocycles. The van der Waals surface area contributed by atoms with E-state index in [1.165, 1.54) is 23.8 Å². The van der Waals surface area contributed by atoms with E-state index >= 15 is 0 Å². The summed E-state index contributed by atoms with van der Waals surface area (Å²) in [6.07, 6.45) is -1.06. The highest BCUT2D eigenvalue weighted by atomic mass is 79.9. The van der Waals surface area contributed by atoms with E-state index in [-0.39, 0.29) is 5.56 Å². The average molecular weight is 390 g/mol. The SMILES string of the molecule is CC(CNS(=O)(=O)C(F)(F)F)OC(=O)c1ccc(Br)cc1. The summed E-state index contributed by atoms with van der Waals surface area (Å²) >= 11 is 3.18. The molecule has 0 aromatic heterocycles. The summed E-state index contributed by atoms with van der Waals surface area (Å²) in [5.74, 6) is -0.763. The largest absolute Gasteiger partial charge is 0.511 e. The lowest BCUT2D eigenvalue weighted by atomic mass is 10.2. The monoisotopic (exact) mass is 389 g/mol. The van der Waals surface area contributed by atoms with Gasteiger partial charge in [-0.05, 0) is 31.2 Å². The lowest BCUT2D eigenvalue weighted by molar-refractivity contribution is -0.0450. The number of sulfonamides is 1. The third kappa shape index (κ3) is 5.29. The Morgan fingerprint density at radius 1 is 1.33 bits per heavy atom. The summed E-state index contributed by atoms with van der Waals surface area (Å²) in [4.78, 5) is 11.7. The van der Waals surface area contributed by atoms with E-state index in [0.717, 1.165) is 4.47 Å². The van der Waals surface area contributed by atoms with Gasteiger partial charge in [-0.1, -0.05) is 15.9 Å². The van der Waals surface area contributed by atoms with Gasteiger partial charge in [0.15, 0.2) is 0 Å². The van der Waals surface area contributed by atoms with Gasteiger partial charge in [0.1, 0.15) is 6.10 Å². The molecule has 0 spiro atoms. The van der Waals surface area contributed by atoms with Crippen LogP contribution in [0, 0.1) is 0 Å². The number of rotatable bonds is 5. The van der Waals surface area contributed by atoms with Crippen molar-refractivity contribution in [3.05, 3.63) is 34.3 Å². The van der Waals surface area contributed by atoms with Crippen LogP contribution in [0.5, 0.6) is 0 Å². The molecule has 0 heterocycles. The van der Waals surface area contributed by atoms with Crippen molar-refractivity contribution in [2.75, 3.05) is 6.54 Å². The second kappa shape index (κ2) is 6.75. The van der Waals surface area contributed by atoms with Crippen LogP contribution in [0.25, 0.3) is 0 Å². The predicted octanol–water partition coefficient (Wildman–Crippen LogP) is 2.43. The molecule has 118 valence electrons. The van der Waals surface area contributed by atoms with E-state index in [1.807, 2.05) is 0 Å². The first-order chi connectivity index (χ1) is 9.53. The molecule has 1 N–H and O–H groups in total. The predicted molar refractivity (Wildman–Crippen MR) is 72.0 cm³/mol. The number of nitrogens with one attached hydrogen (secondary N) is 1. The molecule has 0 aliphatic heterocycles. The molecule has 0 bridgehead atoms. The molecule has 0 aliphatic rings. The number of ether oxygens (including phenoxy) is 1. The maximum Gasteiger partial charge on any atom is 0.511 e. The summed E-state index contributed by atoms with van der Waals surface area (Å²) in [6, 6.07) is 6.10. The Labute approximate surface area is 127 Å². The fraction of sp³-hybridized carbons (Fsp3) is 0.364. The number of hydrogen-bond acceptors (Lipinski definition) is 4. The summed E-state index contributed by atoms with van der Waals surface area (Å²) in [6.45, 7) is 0.597. The molecule has 0 amide bonds. The molecule has 5 nitrogen and oxygen atoms in total. The molecule has 1 atom stereocenters. The number of esters is 1. The van der Waals surface area contributed by atoms with Gasteiger partial charge >= 0.3 is 21.5 Å². The molecule has 0 radical (unpaired) electrons. The lowest BCUT2D eigenvalue weighted by Crippen LogP contribution is -2.40. The minimum absolute atomic E-state index is 0.198. The quantitative estimate of drug-likeness (QED) is 0.784. The molecule has 0 fully saturated rings. The Bertz CT molecular complexity index is 601. The number of benzene rings is 1. The van der Waals surface area contributed by atoms with Crippen molar-refractivity contribution in [1.82, 2.24) is 4.72 Å². The highest BCUT2D eigenvalue weighted by molar-refractivity contribution is 9.10. The van der Waals surface area contributed by atoms with Crippen LogP contribution in [0.4, 0.5) is 13.2 Å². The van der Waals surface area contributed by atoms with Crippen LogP contribution in [0.3, 0.4) is 0 Å². The third-order valence-corrected chi connectivity index (χ3v) is 3.94. The summed E-state index contributed by atoms with van der Waals surface area (Å²) < 4.78 is 64.7. The van der Waals surface area contributed by atoms with Crippen LogP contribution in [-0.4, -0.2) is 32.5 Å². The maximum atomic E-state index is 12.1. The molecule has 0 saturated carbocycles. The van der Waals surface area contributed by atoms with Gasteiger partial charge in [-0.3, -0.25) is 0 Å². The van der Waals surface area contributed by atoms with Gasteiger partial charge in [0, 0.05) is 11.0 Å². The van der Waals surface area contributed by atoms with E-state index in [4.69, 9.17) is 4.74 Å². The first-order valence-electron chi connectivity index (χ1n) is 5.55. The topological polar surface area (TPSA) is 72.5 Å². The van der Waals surface area contributed by atoms with E-state index < -0.39 is 34.1 Å². The number of carbonyl (C=O) groups is 1. The Morgan fingerprint density at radius 3 is 2.33 bits per heavy atom. The zero-order valence-electron chi connectivity index (χ0n) is 10.6. The van der Waals surface area contributed by atoms with Crippen molar-refractivity contribution in [3.63, 3.8) is 0 Å². The molecule has 10 heteroatoms. The van der Waals surface area contributed by atoms with Crippen LogP contribution in [0.15, 0.2) is 28.7 Å². The van der Waals surface area contributed by atoms with Crippen molar-refractivity contribution in [1.29, 1.82) is 0 Å². The zero-order chi connectivity index (χ0) is 16.3. The molecule has 1 unspecified atom stereocenters. The van der Waals surface area contributed by atoms with E-state index in [1.54, 1.807) is 12.1 Å². The second-order valence-corrected chi connectivity index (χ2v) is 6.69. The van der Waals surface area contributed by atoms with Gasteiger partial charge in [-0.15, -0.1) is 0 Å². The van der Waals surface area contributed by atoms with Gasteiger partial charge in [-0.2, -0.15) is 13.2 Å². The Hall–Kier alpha value is -1.13. The average Bonchev–Trinajstić information content (AvgIpc) is 2.36. The number of halogens is 4. The molecule has 1 aromatic rings. The third-order valence-electron chi connectivity index (χ3n) is 2.25. The van der Waals surface area contributed by atoms with Gasteiger partial charge in [0.05, 0.1) is 5.56 Å². The van der Waals surface area contributed by atoms with E-state index in [0.29, 0.717) is 0 Å². The highest BCUT2D eigenvalue weighted by Gasteiger charge is 2.45. The van der Waals surface area contributed by atoms with Crippen molar-refractivity contribution >= 4 is 31.9 Å². The van der Waals surface area contributed by atoms with Gasteiger partial charge in [-0.25, -0.2) is 17.9 Å². The molecule has 1 rings (SSSR count). The minimum atomic E-state index is -5.45. The molecular weight excluding hydrogens is 379 g/mol. The van der Waals surface area contributed by atoms with E-state index in [2.05, 4.69) is 15.9 Å². The lowest BCUT2D eigenvalue weighted by Gasteiger charge is -2.15. The summed E-state index contributed by atoms with van der Waals surface area (Å²) in [5, 5.41) is 0. The van der Waals surface area contributed by atoms with Crippen LogP contribution in [0.1, 0.15) is 17.3 Å². The van der Waals surface area contributed by atoms with Crippen molar-refractivity contribution in [2.24, 2.45) is 0 Å². The Balaban J connectivity index is 2.56. The van der Waals surface area contributed by atoms with Crippen LogP contribution in [-0.2, 0) is 14.8 Å². The van der Waals surface area contributed by atoms with Gasteiger partial charge < -0.3 is 4.74 Å². The maximum absolute atomic E-state index is 12.1. The van der Waals surface area contributed by atoms with Crippen LogP contribution >= 0.6 is 15.9 Å². The molecule has 0 aliphatic carbocycles.